The SMILES string of the molecule is COCCCCn1c(=O)cc(C(=O)O)c2ccccc21. The molecular formula is C15H17NO4. The van der Waals surface area contributed by atoms with Gasteiger partial charge in [-0.2, -0.15) is 0 Å². The van der Waals surface area contributed by atoms with Gasteiger partial charge in [0, 0.05) is 31.7 Å². The summed E-state index contributed by atoms with van der Waals surface area (Å²) in [6.45, 7) is 1.21. The second-order valence-electron chi connectivity index (χ2n) is 4.57. The number of rotatable bonds is 6. The van der Waals surface area contributed by atoms with E-state index in [0.29, 0.717) is 24.1 Å². The first kappa shape index (κ1) is 14.3. The summed E-state index contributed by atoms with van der Waals surface area (Å²) >= 11 is 0. The maximum Gasteiger partial charge on any atom is 0.336 e. The van der Waals surface area contributed by atoms with Crippen molar-refractivity contribution in [2.24, 2.45) is 0 Å². The highest BCUT2D eigenvalue weighted by Crippen LogP contribution is 2.17. The van der Waals surface area contributed by atoms with Crippen LogP contribution in [0.25, 0.3) is 10.9 Å². The molecule has 20 heavy (non-hydrogen) atoms. The lowest BCUT2D eigenvalue weighted by atomic mass is 10.1. The Morgan fingerprint density at radius 2 is 2.05 bits per heavy atom. The molecule has 0 unspecified atom stereocenters. The van der Waals surface area contributed by atoms with Gasteiger partial charge in [-0.1, -0.05) is 18.2 Å². The number of nitrogens with zero attached hydrogens (tertiary/aromatic N) is 1. The minimum Gasteiger partial charge on any atom is -0.478 e. The number of para-hydroxylation sites is 1. The Hall–Kier alpha value is -2.14. The number of ether oxygens (including phenoxy) is 1. The average molecular weight is 275 g/mol. The Morgan fingerprint density at radius 3 is 2.75 bits per heavy atom. The van der Waals surface area contributed by atoms with Crippen molar-refractivity contribution in [3.05, 3.63) is 46.2 Å². The molecule has 0 saturated heterocycles. The maximum absolute atomic E-state index is 12.1. The van der Waals surface area contributed by atoms with Crippen molar-refractivity contribution in [3.8, 4) is 0 Å². The normalized spacial score (nSPS) is 10.8. The maximum atomic E-state index is 12.1. The van der Waals surface area contributed by atoms with Crippen LogP contribution in [-0.4, -0.2) is 29.4 Å². The Labute approximate surface area is 116 Å². The molecule has 0 amide bonds. The van der Waals surface area contributed by atoms with Gasteiger partial charge in [0.25, 0.3) is 5.56 Å². The van der Waals surface area contributed by atoms with Crippen LogP contribution in [0.4, 0.5) is 0 Å². The quantitative estimate of drug-likeness (QED) is 0.820. The molecule has 0 saturated carbocycles. The largest absolute Gasteiger partial charge is 0.478 e. The molecule has 0 aliphatic rings. The number of pyridine rings is 1. The first-order valence-electron chi connectivity index (χ1n) is 6.50. The third-order valence-corrected chi connectivity index (χ3v) is 3.23. The fourth-order valence-electron chi connectivity index (χ4n) is 2.26. The predicted molar refractivity (Wildman–Crippen MR) is 76.3 cm³/mol. The van der Waals surface area contributed by atoms with Crippen LogP contribution >= 0.6 is 0 Å². The van der Waals surface area contributed by atoms with Crippen molar-refractivity contribution in [1.29, 1.82) is 0 Å². The highest BCUT2D eigenvalue weighted by atomic mass is 16.5. The van der Waals surface area contributed by atoms with E-state index in [4.69, 9.17) is 4.74 Å². The molecule has 0 atom stereocenters. The predicted octanol–water partition coefficient (Wildman–Crippen LogP) is 2.13. The third-order valence-electron chi connectivity index (χ3n) is 3.23. The van der Waals surface area contributed by atoms with E-state index in [-0.39, 0.29) is 11.1 Å². The van der Waals surface area contributed by atoms with Crippen molar-refractivity contribution in [2.75, 3.05) is 13.7 Å². The molecule has 1 N–H and O–H groups in total. The van der Waals surface area contributed by atoms with Gasteiger partial charge in [0.15, 0.2) is 0 Å². The molecule has 0 aliphatic carbocycles. The van der Waals surface area contributed by atoms with Crippen LogP contribution < -0.4 is 5.56 Å². The number of aromatic nitrogens is 1. The molecular weight excluding hydrogens is 258 g/mol. The Bertz CT molecular complexity index is 675. The van der Waals surface area contributed by atoms with Gasteiger partial charge in [0.2, 0.25) is 0 Å². The summed E-state index contributed by atoms with van der Waals surface area (Å²) in [7, 11) is 1.64. The number of unbranched alkanes of at least 4 members (excludes halogenated alkanes) is 1. The Balaban J connectivity index is 2.45. The first-order valence-corrected chi connectivity index (χ1v) is 6.50. The Kier molecular flexibility index (Phi) is 4.53. The lowest BCUT2D eigenvalue weighted by Crippen LogP contribution is -2.22. The van der Waals surface area contributed by atoms with Crippen LogP contribution in [0.1, 0.15) is 23.2 Å². The topological polar surface area (TPSA) is 68.5 Å². The van der Waals surface area contributed by atoms with E-state index in [1.165, 1.54) is 6.07 Å². The van der Waals surface area contributed by atoms with Crippen LogP contribution in [0, 0.1) is 0 Å². The van der Waals surface area contributed by atoms with Gasteiger partial charge in [-0.3, -0.25) is 4.79 Å². The van der Waals surface area contributed by atoms with Gasteiger partial charge in [0.05, 0.1) is 11.1 Å². The fraction of sp³-hybridized carbons (Fsp3) is 0.333. The van der Waals surface area contributed by atoms with Gasteiger partial charge in [-0.15, -0.1) is 0 Å². The highest BCUT2D eigenvalue weighted by Gasteiger charge is 2.13. The summed E-state index contributed by atoms with van der Waals surface area (Å²) in [5, 5.41) is 9.77. The van der Waals surface area contributed by atoms with Crippen molar-refractivity contribution in [1.82, 2.24) is 4.57 Å². The minimum atomic E-state index is -1.08. The molecule has 106 valence electrons. The molecule has 0 spiro atoms. The molecule has 2 aromatic rings. The fourth-order valence-corrected chi connectivity index (χ4v) is 2.26. The van der Waals surface area contributed by atoms with Crippen LogP contribution in [0.15, 0.2) is 35.1 Å². The lowest BCUT2D eigenvalue weighted by Gasteiger charge is -2.11. The van der Waals surface area contributed by atoms with E-state index in [0.717, 1.165) is 12.8 Å². The number of hydrogen-bond acceptors (Lipinski definition) is 3. The van der Waals surface area contributed by atoms with E-state index >= 15 is 0 Å². The molecule has 5 heteroatoms. The molecule has 0 fully saturated rings. The van der Waals surface area contributed by atoms with Crippen LogP contribution in [0.2, 0.25) is 0 Å². The average Bonchev–Trinajstić information content (AvgIpc) is 2.44. The van der Waals surface area contributed by atoms with Gasteiger partial charge in [-0.05, 0) is 18.9 Å². The number of carbonyl (C=O) groups is 1. The second kappa shape index (κ2) is 6.34. The molecule has 0 aliphatic heterocycles. The molecule has 0 bridgehead atoms. The van der Waals surface area contributed by atoms with Crippen LogP contribution in [-0.2, 0) is 11.3 Å². The zero-order valence-corrected chi connectivity index (χ0v) is 11.3. The van der Waals surface area contributed by atoms with Crippen molar-refractivity contribution in [3.63, 3.8) is 0 Å². The van der Waals surface area contributed by atoms with Crippen molar-refractivity contribution >= 4 is 16.9 Å². The molecule has 5 nitrogen and oxygen atoms in total. The van der Waals surface area contributed by atoms with E-state index in [1.54, 1.807) is 35.9 Å². The molecule has 1 aromatic heterocycles. The summed E-state index contributed by atoms with van der Waals surface area (Å²) in [4.78, 5) is 23.3. The smallest absolute Gasteiger partial charge is 0.336 e. The summed E-state index contributed by atoms with van der Waals surface area (Å²) in [5.74, 6) is -1.08. The zero-order valence-electron chi connectivity index (χ0n) is 11.3. The summed E-state index contributed by atoms with van der Waals surface area (Å²) in [6, 6.07) is 8.28. The Morgan fingerprint density at radius 1 is 1.30 bits per heavy atom. The number of fused-ring (bicyclic) bond motifs is 1. The van der Waals surface area contributed by atoms with Gasteiger partial charge in [-0.25, -0.2) is 4.79 Å². The summed E-state index contributed by atoms with van der Waals surface area (Å²) in [6.07, 6.45) is 1.67. The van der Waals surface area contributed by atoms with E-state index < -0.39 is 5.97 Å². The number of methoxy groups -OCH3 is 1. The molecule has 2 rings (SSSR count). The number of aromatic carboxylic acids is 1. The van der Waals surface area contributed by atoms with E-state index in [9.17, 15) is 14.7 Å². The first-order chi connectivity index (χ1) is 9.65. The lowest BCUT2D eigenvalue weighted by molar-refractivity contribution is 0.0698. The standard InChI is InChI=1S/C15H17NO4/c1-20-9-5-4-8-16-13-7-3-2-6-11(13)12(15(18)19)10-14(16)17/h2-3,6-7,10H,4-5,8-9H2,1H3,(H,18,19). The summed E-state index contributed by atoms with van der Waals surface area (Å²) in [5.41, 5.74) is 0.437. The third kappa shape index (κ3) is 2.88. The van der Waals surface area contributed by atoms with E-state index in [2.05, 4.69) is 0 Å². The number of hydrogen-bond donors (Lipinski definition) is 1. The van der Waals surface area contributed by atoms with Crippen molar-refractivity contribution < 1.29 is 14.6 Å². The van der Waals surface area contributed by atoms with Gasteiger partial charge < -0.3 is 14.4 Å². The molecule has 1 heterocycles. The van der Waals surface area contributed by atoms with Gasteiger partial charge >= 0.3 is 5.97 Å². The summed E-state index contributed by atoms with van der Waals surface area (Å²) < 4.78 is 6.61. The van der Waals surface area contributed by atoms with Gasteiger partial charge in [0.1, 0.15) is 0 Å². The minimum absolute atomic E-state index is 0.0544. The van der Waals surface area contributed by atoms with E-state index in [1.807, 2.05) is 0 Å². The number of carboxylic acid groups (broad SMARTS) is 1. The zero-order chi connectivity index (χ0) is 14.5. The highest BCUT2D eigenvalue weighted by molar-refractivity contribution is 6.02. The number of carboxylic acids is 1. The number of benzene rings is 1. The monoisotopic (exact) mass is 275 g/mol. The molecule has 0 radical (unpaired) electrons. The van der Waals surface area contributed by atoms with Crippen molar-refractivity contribution in [2.45, 2.75) is 19.4 Å². The second-order valence-corrected chi connectivity index (χ2v) is 4.57. The van der Waals surface area contributed by atoms with Crippen LogP contribution in [0.5, 0.6) is 0 Å². The number of aryl methyl sites for hydroxylation is 1. The molecule has 1 aromatic carbocycles. The van der Waals surface area contributed by atoms with Crippen LogP contribution in [0.3, 0.4) is 0 Å².